The number of H-pyrrole nitrogens is 1. The molecule has 0 saturated carbocycles. The number of nitrogens with zero attached hydrogens (tertiary/aromatic N) is 1. The minimum Gasteiger partial charge on any atom is -0.295 e. The maximum absolute atomic E-state index is 11.8. The smallest absolute Gasteiger partial charge is 0.274 e. The van der Waals surface area contributed by atoms with E-state index in [9.17, 15) is 4.79 Å². The minimum absolute atomic E-state index is 0.00519. The zero-order valence-corrected chi connectivity index (χ0v) is 10.1. The van der Waals surface area contributed by atoms with Crippen LogP contribution in [0.3, 0.4) is 0 Å². The van der Waals surface area contributed by atoms with Gasteiger partial charge in [-0.3, -0.25) is 9.89 Å². The summed E-state index contributed by atoms with van der Waals surface area (Å²) in [6.45, 7) is 3.72. The normalized spacial score (nSPS) is 10.6. The lowest BCUT2D eigenvalue weighted by Gasteiger charge is -2.01. The van der Waals surface area contributed by atoms with Gasteiger partial charge in [0.15, 0.2) is 0 Å². The van der Waals surface area contributed by atoms with Crippen LogP contribution in [0.15, 0.2) is 33.5 Å². The summed E-state index contributed by atoms with van der Waals surface area (Å²) < 4.78 is 2.51. The molecule has 2 aromatic rings. The van der Waals surface area contributed by atoms with Gasteiger partial charge in [0.25, 0.3) is 5.56 Å². The van der Waals surface area contributed by atoms with Crippen LogP contribution in [-0.4, -0.2) is 9.78 Å². The first-order chi connectivity index (χ1) is 7.09. The van der Waals surface area contributed by atoms with Crippen molar-refractivity contribution in [1.82, 2.24) is 9.78 Å². The molecule has 0 aliphatic carbocycles. The fraction of sp³-hybridized carbons (Fsp3) is 0.182. The molecule has 0 bridgehead atoms. The summed E-state index contributed by atoms with van der Waals surface area (Å²) >= 11 is 3.38. The van der Waals surface area contributed by atoms with Gasteiger partial charge in [-0.25, -0.2) is 4.68 Å². The van der Waals surface area contributed by atoms with Gasteiger partial charge >= 0.3 is 0 Å². The van der Waals surface area contributed by atoms with Crippen LogP contribution in [0.4, 0.5) is 0 Å². The lowest BCUT2D eigenvalue weighted by molar-refractivity contribution is 0.834. The number of hydrogen-bond acceptors (Lipinski definition) is 1. The molecule has 4 heteroatoms. The molecule has 0 saturated heterocycles. The molecule has 15 heavy (non-hydrogen) atoms. The molecule has 3 nitrogen and oxygen atoms in total. The molecule has 0 aliphatic heterocycles. The van der Waals surface area contributed by atoms with Crippen molar-refractivity contribution in [2.45, 2.75) is 13.8 Å². The van der Waals surface area contributed by atoms with Crippen molar-refractivity contribution in [2.75, 3.05) is 0 Å². The topological polar surface area (TPSA) is 37.8 Å². The summed E-state index contributed by atoms with van der Waals surface area (Å²) in [5.74, 6) is 0. The molecule has 0 aliphatic rings. The summed E-state index contributed by atoms with van der Waals surface area (Å²) in [7, 11) is 0. The van der Waals surface area contributed by atoms with Gasteiger partial charge in [0.1, 0.15) is 0 Å². The van der Waals surface area contributed by atoms with E-state index in [0.29, 0.717) is 0 Å². The van der Waals surface area contributed by atoms with E-state index in [4.69, 9.17) is 0 Å². The standard InChI is InChI=1S/C11H11BrN2O/c1-7-8(2)13-14(11(7)15)10-5-3-4-9(12)6-10/h3-6,13H,1-2H3. The highest BCUT2D eigenvalue weighted by Crippen LogP contribution is 2.14. The number of aryl methyl sites for hydroxylation is 1. The Morgan fingerprint density at radius 1 is 1.33 bits per heavy atom. The van der Waals surface area contributed by atoms with E-state index >= 15 is 0 Å². The first kappa shape index (κ1) is 10.2. The maximum Gasteiger partial charge on any atom is 0.274 e. The second-order valence-corrected chi connectivity index (χ2v) is 4.40. The Bertz CT molecular complexity index is 554. The SMILES string of the molecule is Cc1[nH]n(-c2cccc(Br)c2)c(=O)c1C. The van der Waals surface area contributed by atoms with Gasteiger partial charge < -0.3 is 0 Å². The number of nitrogens with one attached hydrogen (secondary N) is 1. The first-order valence-electron chi connectivity index (χ1n) is 4.64. The molecule has 0 spiro atoms. The van der Waals surface area contributed by atoms with Gasteiger partial charge in [0.05, 0.1) is 5.69 Å². The second-order valence-electron chi connectivity index (χ2n) is 3.48. The molecule has 1 N–H and O–H groups in total. The zero-order chi connectivity index (χ0) is 11.0. The monoisotopic (exact) mass is 266 g/mol. The molecule has 2 rings (SSSR count). The highest BCUT2D eigenvalue weighted by molar-refractivity contribution is 9.10. The third kappa shape index (κ3) is 1.77. The molecule has 0 fully saturated rings. The largest absolute Gasteiger partial charge is 0.295 e. The third-order valence-electron chi connectivity index (χ3n) is 2.43. The van der Waals surface area contributed by atoms with Crippen LogP contribution in [0.1, 0.15) is 11.3 Å². The van der Waals surface area contributed by atoms with E-state index in [0.717, 1.165) is 21.4 Å². The molecule has 1 heterocycles. The fourth-order valence-corrected chi connectivity index (χ4v) is 1.81. The summed E-state index contributed by atoms with van der Waals surface area (Å²) in [4.78, 5) is 11.8. The van der Waals surface area contributed by atoms with E-state index in [1.165, 1.54) is 0 Å². The van der Waals surface area contributed by atoms with Crippen molar-refractivity contribution in [2.24, 2.45) is 0 Å². The lowest BCUT2D eigenvalue weighted by Crippen LogP contribution is -2.15. The molecule has 1 aromatic heterocycles. The highest BCUT2D eigenvalue weighted by Gasteiger charge is 2.07. The molecule has 1 aromatic carbocycles. The molecule has 0 radical (unpaired) electrons. The van der Waals surface area contributed by atoms with Crippen molar-refractivity contribution >= 4 is 15.9 Å². The average Bonchev–Trinajstić information content (AvgIpc) is 2.46. The van der Waals surface area contributed by atoms with Crippen molar-refractivity contribution in [1.29, 1.82) is 0 Å². The number of aromatic amines is 1. The van der Waals surface area contributed by atoms with Crippen LogP contribution in [0.2, 0.25) is 0 Å². The number of benzene rings is 1. The molecule has 78 valence electrons. The summed E-state index contributed by atoms with van der Waals surface area (Å²) in [6, 6.07) is 7.62. The van der Waals surface area contributed by atoms with E-state index in [-0.39, 0.29) is 5.56 Å². The summed E-state index contributed by atoms with van der Waals surface area (Å²) in [6.07, 6.45) is 0. The van der Waals surface area contributed by atoms with Crippen LogP contribution in [0.5, 0.6) is 0 Å². The van der Waals surface area contributed by atoms with Gasteiger partial charge in [-0.15, -0.1) is 0 Å². The van der Waals surface area contributed by atoms with Crippen molar-refractivity contribution < 1.29 is 0 Å². The van der Waals surface area contributed by atoms with Crippen LogP contribution < -0.4 is 5.56 Å². The molecule has 0 amide bonds. The number of hydrogen-bond donors (Lipinski definition) is 1. The number of halogens is 1. The van der Waals surface area contributed by atoms with Crippen LogP contribution in [-0.2, 0) is 0 Å². The zero-order valence-electron chi connectivity index (χ0n) is 8.54. The van der Waals surface area contributed by atoms with E-state index < -0.39 is 0 Å². The number of rotatable bonds is 1. The van der Waals surface area contributed by atoms with Gasteiger partial charge in [-0.2, -0.15) is 0 Å². The fourth-order valence-electron chi connectivity index (χ4n) is 1.43. The number of aromatic nitrogens is 2. The van der Waals surface area contributed by atoms with Gasteiger partial charge in [-0.05, 0) is 32.0 Å². The quantitative estimate of drug-likeness (QED) is 0.847. The predicted molar refractivity (Wildman–Crippen MR) is 63.6 cm³/mol. The van der Waals surface area contributed by atoms with E-state index in [2.05, 4.69) is 21.0 Å². The minimum atomic E-state index is 0.00519. The van der Waals surface area contributed by atoms with E-state index in [1.807, 2.05) is 38.1 Å². The van der Waals surface area contributed by atoms with Gasteiger partial charge in [0, 0.05) is 15.7 Å². The van der Waals surface area contributed by atoms with E-state index in [1.54, 1.807) is 4.68 Å². The Hall–Kier alpha value is -1.29. The summed E-state index contributed by atoms with van der Waals surface area (Å²) in [5.41, 5.74) is 2.51. The Kier molecular flexibility index (Phi) is 2.52. The van der Waals surface area contributed by atoms with Gasteiger partial charge in [0.2, 0.25) is 0 Å². The molecular formula is C11H11BrN2O. The predicted octanol–water partition coefficient (Wildman–Crippen LogP) is 2.54. The third-order valence-corrected chi connectivity index (χ3v) is 2.93. The highest BCUT2D eigenvalue weighted by atomic mass is 79.9. The van der Waals surface area contributed by atoms with Crippen molar-refractivity contribution in [3.63, 3.8) is 0 Å². The lowest BCUT2D eigenvalue weighted by atomic mass is 10.3. The second kappa shape index (κ2) is 3.70. The molecule has 0 unspecified atom stereocenters. The molecular weight excluding hydrogens is 256 g/mol. The Morgan fingerprint density at radius 3 is 2.60 bits per heavy atom. The Morgan fingerprint density at radius 2 is 2.07 bits per heavy atom. The first-order valence-corrected chi connectivity index (χ1v) is 5.43. The average molecular weight is 267 g/mol. The van der Waals surface area contributed by atoms with Crippen molar-refractivity contribution in [3.05, 3.63) is 50.3 Å². The Labute approximate surface area is 95.9 Å². The Balaban J connectivity index is 2.64. The van der Waals surface area contributed by atoms with Crippen LogP contribution >= 0.6 is 15.9 Å². The molecule has 0 atom stereocenters. The maximum atomic E-state index is 11.8. The van der Waals surface area contributed by atoms with Gasteiger partial charge in [-0.1, -0.05) is 22.0 Å². The van der Waals surface area contributed by atoms with Crippen LogP contribution in [0.25, 0.3) is 5.69 Å². The summed E-state index contributed by atoms with van der Waals surface area (Å²) in [5, 5.41) is 3.04. The van der Waals surface area contributed by atoms with Crippen LogP contribution in [0, 0.1) is 13.8 Å². The van der Waals surface area contributed by atoms with Crippen molar-refractivity contribution in [3.8, 4) is 5.69 Å².